The molecule has 0 aliphatic rings. The van der Waals surface area contributed by atoms with E-state index >= 15 is 0 Å². The predicted octanol–water partition coefficient (Wildman–Crippen LogP) is 2.35. The summed E-state index contributed by atoms with van der Waals surface area (Å²) in [5.41, 5.74) is 1.25. The van der Waals surface area contributed by atoms with Crippen LogP contribution >= 0.6 is 15.9 Å². The topological polar surface area (TPSA) is 66.8 Å². The maximum absolute atomic E-state index is 10.6. The van der Waals surface area contributed by atoms with Crippen molar-refractivity contribution in [1.29, 1.82) is 0 Å². The molecular weight excluding hydrogens is 276 g/mol. The second kappa shape index (κ2) is 5.21. The fraction of sp³-hybridized carbons (Fsp3) is 0.364. The number of ether oxygens (including phenoxy) is 1. The second-order valence-electron chi connectivity index (χ2n) is 3.31. The summed E-state index contributed by atoms with van der Waals surface area (Å²) < 4.78 is 5.56. The first kappa shape index (κ1) is 12.8. The summed E-state index contributed by atoms with van der Waals surface area (Å²) in [7, 11) is 1.51. The lowest BCUT2D eigenvalue weighted by molar-refractivity contribution is -0.136. The molecule has 1 aromatic carbocycles. The molecule has 0 bridgehead atoms. The van der Waals surface area contributed by atoms with Crippen LogP contribution in [0.5, 0.6) is 11.5 Å². The molecule has 16 heavy (non-hydrogen) atoms. The minimum absolute atomic E-state index is 0.0727. The summed E-state index contributed by atoms with van der Waals surface area (Å²) in [5, 5.41) is 18.5. The highest BCUT2D eigenvalue weighted by Gasteiger charge is 2.17. The standard InChI is InChI=1S/C11H13BrO4/c1-3-6-4-7(5-8(13)14)10(15)9(12)11(6)16-2/h4,15H,3,5H2,1-2H3,(H,13,14). The summed E-state index contributed by atoms with van der Waals surface area (Å²) in [5.74, 6) is -0.500. The van der Waals surface area contributed by atoms with Crippen LogP contribution in [0.1, 0.15) is 18.1 Å². The van der Waals surface area contributed by atoms with Gasteiger partial charge < -0.3 is 14.9 Å². The molecule has 0 aromatic heterocycles. The van der Waals surface area contributed by atoms with E-state index in [1.807, 2.05) is 6.92 Å². The number of halogens is 1. The molecule has 0 unspecified atom stereocenters. The van der Waals surface area contributed by atoms with Crippen LogP contribution in [0.4, 0.5) is 0 Å². The first-order chi connectivity index (χ1) is 7.51. The van der Waals surface area contributed by atoms with Gasteiger partial charge in [0, 0.05) is 5.56 Å². The summed E-state index contributed by atoms with van der Waals surface area (Å²) in [6.07, 6.45) is 0.496. The predicted molar refractivity (Wildman–Crippen MR) is 63.1 cm³/mol. The third kappa shape index (κ3) is 2.47. The van der Waals surface area contributed by atoms with Crippen LogP contribution in [-0.4, -0.2) is 23.3 Å². The number of methoxy groups -OCH3 is 1. The Morgan fingerprint density at radius 3 is 2.56 bits per heavy atom. The quantitative estimate of drug-likeness (QED) is 0.893. The fourth-order valence-electron chi connectivity index (χ4n) is 1.51. The number of phenolic OH excluding ortho intramolecular Hbond substituents is 1. The normalized spacial score (nSPS) is 10.2. The van der Waals surface area contributed by atoms with Crippen molar-refractivity contribution in [3.8, 4) is 11.5 Å². The first-order valence-corrected chi connectivity index (χ1v) is 5.59. The average molecular weight is 289 g/mol. The summed E-state index contributed by atoms with van der Waals surface area (Å²) in [6, 6.07) is 1.66. The van der Waals surface area contributed by atoms with E-state index in [4.69, 9.17) is 9.84 Å². The third-order valence-corrected chi connectivity index (χ3v) is 3.01. The number of benzene rings is 1. The van der Waals surface area contributed by atoms with Crippen LogP contribution in [0.2, 0.25) is 0 Å². The van der Waals surface area contributed by atoms with E-state index in [2.05, 4.69) is 15.9 Å². The number of aliphatic carboxylic acids is 1. The number of phenols is 1. The number of rotatable bonds is 4. The first-order valence-electron chi connectivity index (χ1n) is 4.80. The zero-order valence-corrected chi connectivity index (χ0v) is 10.7. The Morgan fingerprint density at radius 1 is 1.50 bits per heavy atom. The molecule has 0 saturated carbocycles. The zero-order valence-electron chi connectivity index (χ0n) is 9.08. The summed E-state index contributed by atoms with van der Waals surface area (Å²) in [6.45, 7) is 1.94. The third-order valence-electron chi connectivity index (χ3n) is 2.28. The lowest BCUT2D eigenvalue weighted by atomic mass is 10.0. The number of carboxylic acid groups (broad SMARTS) is 1. The van der Waals surface area contributed by atoms with Gasteiger partial charge in [-0.1, -0.05) is 6.92 Å². The van der Waals surface area contributed by atoms with Gasteiger partial charge in [-0.25, -0.2) is 0 Å². The number of carboxylic acids is 1. The van der Waals surface area contributed by atoms with Crippen molar-refractivity contribution >= 4 is 21.9 Å². The largest absolute Gasteiger partial charge is 0.506 e. The smallest absolute Gasteiger partial charge is 0.307 e. The van der Waals surface area contributed by atoms with Crippen LogP contribution in [0.25, 0.3) is 0 Å². The van der Waals surface area contributed by atoms with Gasteiger partial charge in [-0.15, -0.1) is 0 Å². The molecule has 0 aliphatic carbocycles. The molecule has 5 heteroatoms. The number of carbonyl (C=O) groups is 1. The molecule has 0 fully saturated rings. The number of aryl methyl sites for hydroxylation is 1. The van der Waals surface area contributed by atoms with Crippen LogP contribution in [0.15, 0.2) is 10.5 Å². The average Bonchev–Trinajstić information content (AvgIpc) is 2.24. The van der Waals surface area contributed by atoms with E-state index in [-0.39, 0.29) is 12.2 Å². The molecule has 88 valence electrons. The maximum atomic E-state index is 10.6. The Labute approximate surface area is 102 Å². The highest BCUT2D eigenvalue weighted by molar-refractivity contribution is 9.10. The minimum atomic E-state index is -0.977. The summed E-state index contributed by atoms with van der Waals surface area (Å²) in [4.78, 5) is 10.6. The van der Waals surface area contributed by atoms with Gasteiger partial charge in [0.2, 0.25) is 0 Å². The van der Waals surface area contributed by atoms with E-state index in [1.165, 1.54) is 7.11 Å². The van der Waals surface area contributed by atoms with Crippen LogP contribution in [-0.2, 0) is 17.6 Å². The van der Waals surface area contributed by atoms with Crippen LogP contribution in [0.3, 0.4) is 0 Å². The Bertz CT molecular complexity index is 415. The van der Waals surface area contributed by atoms with Crippen molar-refractivity contribution in [2.24, 2.45) is 0 Å². The van der Waals surface area contributed by atoms with Gasteiger partial charge in [0.15, 0.2) is 0 Å². The molecule has 1 aromatic rings. The van der Waals surface area contributed by atoms with Crippen molar-refractivity contribution in [3.05, 3.63) is 21.7 Å². The van der Waals surface area contributed by atoms with Crippen LogP contribution < -0.4 is 4.74 Å². The molecule has 2 N–H and O–H groups in total. The molecule has 1 rings (SSSR count). The van der Waals surface area contributed by atoms with Crippen molar-refractivity contribution in [2.75, 3.05) is 7.11 Å². The molecule has 0 atom stereocenters. The Morgan fingerprint density at radius 2 is 2.12 bits per heavy atom. The maximum Gasteiger partial charge on any atom is 0.307 e. The second-order valence-corrected chi connectivity index (χ2v) is 4.11. The minimum Gasteiger partial charge on any atom is -0.506 e. The van der Waals surface area contributed by atoms with E-state index in [9.17, 15) is 9.90 Å². The Kier molecular flexibility index (Phi) is 4.18. The lowest BCUT2D eigenvalue weighted by Gasteiger charge is -2.13. The van der Waals surface area contributed by atoms with Gasteiger partial charge in [0.25, 0.3) is 0 Å². The van der Waals surface area contributed by atoms with Crippen molar-refractivity contribution < 1.29 is 19.7 Å². The molecule has 0 heterocycles. The molecule has 0 amide bonds. The zero-order chi connectivity index (χ0) is 12.3. The van der Waals surface area contributed by atoms with E-state index in [0.717, 1.165) is 5.56 Å². The van der Waals surface area contributed by atoms with E-state index < -0.39 is 5.97 Å². The number of hydrogen-bond acceptors (Lipinski definition) is 3. The van der Waals surface area contributed by atoms with Crippen molar-refractivity contribution in [2.45, 2.75) is 19.8 Å². The molecular formula is C11H13BrO4. The molecule has 4 nitrogen and oxygen atoms in total. The fourth-order valence-corrected chi connectivity index (χ4v) is 2.19. The molecule has 0 saturated heterocycles. The Hall–Kier alpha value is -1.23. The van der Waals surface area contributed by atoms with Gasteiger partial charge in [-0.2, -0.15) is 0 Å². The number of hydrogen-bond donors (Lipinski definition) is 2. The highest BCUT2D eigenvalue weighted by Crippen LogP contribution is 2.39. The number of aromatic hydroxyl groups is 1. The molecule has 0 aliphatic heterocycles. The lowest BCUT2D eigenvalue weighted by Crippen LogP contribution is -2.03. The van der Waals surface area contributed by atoms with Gasteiger partial charge in [-0.05, 0) is 34.0 Å². The highest BCUT2D eigenvalue weighted by atomic mass is 79.9. The van der Waals surface area contributed by atoms with Crippen molar-refractivity contribution in [1.82, 2.24) is 0 Å². The van der Waals surface area contributed by atoms with Gasteiger partial charge in [0.1, 0.15) is 16.0 Å². The van der Waals surface area contributed by atoms with Gasteiger partial charge >= 0.3 is 5.97 Å². The van der Waals surface area contributed by atoms with Gasteiger partial charge in [-0.3, -0.25) is 4.79 Å². The molecule has 0 spiro atoms. The van der Waals surface area contributed by atoms with E-state index in [0.29, 0.717) is 22.2 Å². The monoisotopic (exact) mass is 288 g/mol. The molecule has 0 radical (unpaired) electrons. The van der Waals surface area contributed by atoms with Gasteiger partial charge in [0.05, 0.1) is 13.5 Å². The van der Waals surface area contributed by atoms with Crippen LogP contribution in [0, 0.1) is 0 Å². The van der Waals surface area contributed by atoms with E-state index in [1.54, 1.807) is 6.07 Å². The van der Waals surface area contributed by atoms with Crippen molar-refractivity contribution in [3.63, 3.8) is 0 Å². The summed E-state index contributed by atoms with van der Waals surface area (Å²) >= 11 is 3.20. The SMILES string of the molecule is CCc1cc(CC(=O)O)c(O)c(Br)c1OC. The Balaban J connectivity index is 3.32.